The first-order chi connectivity index (χ1) is 42.7. The molecule has 0 aromatic carbocycles. The van der Waals surface area contributed by atoms with E-state index in [9.17, 15) is 33.6 Å². The average Bonchev–Trinajstić information content (AvgIpc) is 3.54. The molecule has 0 aromatic heterocycles. The van der Waals surface area contributed by atoms with E-state index in [1.165, 1.54) is 103 Å². The van der Waals surface area contributed by atoms with Gasteiger partial charge in [-0.1, -0.05) is 294 Å². The van der Waals surface area contributed by atoms with Gasteiger partial charge in [0.2, 0.25) is 0 Å². The molecule has 0 spiro atoms. The Balaban J connectivity index is -0.000000190. The van der Waals surface area contributed by atoms with Crippen LogP contribution in [0.2, 0.25) is 0 Å². The first kappa shape index (κ1) is 99.4. The van der Waals surface area contributed by atoms with Crippen LogP contribution in [-0.2, 0) is 33.6 Å². The Bertz CT molecular complexity index is 1820. The number of carbonyl (C=O) groups is 7. The van der Waals surface area contributed by atoms with Crippen molar-refractivity contribution in [3.8, 4) is 0 Å². The Morgan fingerprint density at radius 3 is 0.733 bits per heavy atom. The molecule has 0 fully saturated rings. The zero-order valence-corrected chi connectivity index (χ0v) is 63.5. The summed E-state index contributed by atoms with van der Waals surface area (Å²) in [6.07, 6.45) is 67.4. The highest BCUT2D eigenvalue weighted by Crippen LogP contribution is 2.12. The molecule has 0 unspecified atom stereocenters. The van der Waals surface area contributed by atoms with E-state index in [0.29, 0.717) is 48.2 Å². The minimum atomic E-state index is 0.0688. The maximum Gasteiger partial charge on any atom is 0.135 e. The van der Waals surface area contributed by atoms with Gasteiger partial charge >= 0.3 is 0 Å². The minimum Gasteiger partial charge on any atom is -0.300 e. The molecule has 0 rings (SSSR count). The van der Waals surface area contributed by atoms with Crippen molar-refractivity contribution in [3.63, 3.8) is 0 Å². The SMILES string of the molecule is CC(=O)CCC(=O)C(C)C.CC(C)C.CC/C=C\C/C=C\C/C=C\C/C=C\C/C=C\CCCC(=O)C(C)C.CCCC(=O)C(C)C.CCCCCC(=O)C(C)C.CCCCCC/C=C\C/C=C\CCCCCCC(=O)C(C)C.CCCCCCCC(=O)C(C)C. The van der Waals surface area contributed by atoms with E-state index in [2.05, 4.69) is 134 Å². The number of Topliss-reactive ketones (excluding diaryl/α,β-unsaturated/α-hetero) is 7. The number of rotatable bonds is 48. The van der Waals surface area contributed by atoms with Gasteiger partial charge in [0.1, 0.15) is 40.5 Å². The number of hydrogen-bond acceptors (Lipinski definition) is 7. The molecule has 0 amide bonds. The van der Waals surface area contributed by atoms with Crippen LogP contribution < -0.4 is 0 Å². The van der Waals surface area contributed by atoms with Crippen molar-refractivity contribution in [1.82, 2.24) is 0 Å². The molecule has 90 heavy (non-hydrogen) atoms. The van der Waals surface area contributed by atoms with Gasteiger partial charge in [0.05, 0.1) is 0 Å². The van der Waals surface area contributed by atoms with E-state index in [0.717, 1.165) is 109 Å². The maximum atomic E-state index is 11.5. The predicted molar refractivity (Wildman–Crippen MR) is 400 cm³/mol. The fraction of sp³-hybridized carbons (Fsp3) is 0.747. The van der Waals surface area contributed by atoms with E-state index in [1.807, 2.05) is 90.0 Å². The van der Waals surface area contributed by atoms with Crippen molar-refractivity contribution in [1.29, 1.82) is 0 Å². The lowest BCUT2D eigenvalue weighted by Crippen LogP contribution is -2.08. The number of hydrogen-bond donors (Lipinski definition) is 0. The fourth-order valence-electron chi connectivity index (χ4n) is 7.60. The molecule has 0 bridgehead atoms. The second-order valence-corrected chi connectivity index (χ2v) is 26.6. The van der Waals surface area contributed by atoms with Crippen LogP contribution in [0.4, 0.5) is 0 Å². The van der Waals surface area contributed by atoms with Crippen molar-refractivity contribution in [2.24, 2.45) is 41.4 Å². The lowest BCUT2D eigenvalue weighted by Gasteiger charge is -2.03. The van der Waals surface area contributed by atoms with Crippen LogP contribution in [0.3, 0.4) is 0 Å². The summed E-state index contributed by atoms with van der Waals surface area (Å²) >= 11 is 0. The van der Waals surface area contributed by atoms with E-state index in [1.54, 1.807) is 0 Å². The summed E-state index contributed by atoms with van der Waals surface area (Å²) in [5, 5.41) is 0. The first-order valence-corrected chi connectivity index (χ1v) is 36.9. The van der Waals surface area contributed by atoms with Gasteiger partial charge in [-0.2, -0.15) is 0 Å². The van der Waals surface area contributed by atoms with Crippen molar-refractivity contribution >= 4 is 40.5 Å². The second-order valence-electron chi connectivity index (χ2n) is 26.6. The van der Waals surface area contributed by atoms with Gasteiger partial charge in [-0.05, 0) is 116 Å². The van der Waals surface area contributed by atoms with Gasteiger partial charge in [0.15, 0.2) is 0 Å². The average molecular weight is 1260 g/mol. The third-order valence-corrected chi connectivity index (χ3v) is 14.0. The summed E-state index contributed by atoms with van der Waals surface area (Å²) in [6.45, 7) is 42.2. The Hall–Kier alpha value is -4.13. The van der Waals surface area contributed by atoms with Crippen LogP contribution in [0.1, 0.15) is 364 Å². The third kappa shape index (κ3) is 100. The Morgan fingerprint density at radius 2 is 0.456 bits per heavy atom. The lowest BCUT2D eigenvalue weighted by atomic mass is 10.0. The molecule has 0 aliphatic heterocycles. The summed E-state index contributed by atoms with van der Waals surface area (Å²) < 4.78 is 0. The number of allylic oxidation sites excluding steroid dienone is 14. The van der Waals surface area contributed by atoms with Crippen LogP contribution in [0.15, 0.2) is 85.1 Å². The monoisotopic (exact) mass is 1260 g/mol. The van der Waals surface area contributed by atoms with Crippen molar-refractivity contribution in [3.05, 3.63) is 85.1 Å². The molecule has 0 heterocycles. The molecular formula is C83H152O7. The normalized spacial score (nSPS) is 11.4. The number of ketones is 7. The number of unbranched alkanes of at least 4 members (excludes halogenated alkanes) is 15. The Labute approximate surface area is 561 Å². The minimum absolute atomic E-state index is 0.0688. The molecule has 0 aromatic rings. The van der Waals surface area contributed by atoms with Crippen molar-refractivity contribution < 1.29 is 33.6 Å². The highest BCUT2D eigenvalue weighted by Gasteiger charge is 2.09. The molecule has 7 nitrogen and oxygen atoms in total. The summed E-state index contributed by atoms with van der Waals surface area (Å²) in [4.78, 5) is 77.2. The second kappa shape index (κ2) is 81.0. The smallest absolute Gasteiger partial charge is 0.135 e. The molecule has 0 saturated heterocycles. The van der Waals surface area contributed by atoms with Gasteiger partial charge in [-0.3, -0.25) is 28.8 Å². The third-order valence-electron chi connectivity index (χ3n) is 14.0. The zero-order valence-electron chi connectivity index (χ0n) is 63.5. The van der Waals surface area contributed by atoms with Crippen LogP contribution >= 0.6 is 0 Å². The Morgan fingerprint density at radius 1 is 0.233 bits per heavy atom. The summed E-state index contributed by atoms with van der Waals surface area (Å²) in [7, 11) is 0. The van der Waals surface area contributed by atoms with Gasteiger partial charge in [0.25, 0.3) is 0 Å². The maximum absolute atomic E-state index is 11.5. The molecule has 0 saturated carbocycles. The van der Waals surface area contributed by atoms with E-state index in [-0.39, 0.29) is 47.1 Å². The molecule has 0 atom stereocenters. The topological polar surface area (TPSA) is 119 Å². The lowest BCUT2D eigenvalue weighted by molar-refractivity contribution is -0.125. The highest BCUT2D eigenvalue weighted by molar-refractivity contribution is 5.86. The van der Waals surface area contributed by atoms with Crippen LogP contribution in [0.25, 0.3) is 0 Å². The summed E-state index contributed by atoms with van der Waals surface area (Å²) in [5.74, 6) is 4.27. The van der Waals surface area contributed by atoms with Gasteiger partial charge < -0.3 is 4.79 Å². The highest BCUT2D eigenvalue weighted by atomic mass is 16.1. The molecule has 0 N–H and O–H groups in total. The van der Waals surface area contributed by atoms with Gasteiger partial charge in [-0.25, -0.2) is 0 Å². The van der Waals surface area contributed by atoms with Crippen LogP contribution in [-0.4, -0.2) is 40.5 Å². The van der Waals surface area contributed by atoms with Crippen molar-refractivity contribution in [2.75, 3.05) is 0 Å². The van der Waals surface area contributed by atoms with E-state index in [4.69, 9.17) is 0 Å². The summed E-state index contributed by atoms with van der Waals surface area (Å²) in [5.41, 5.74) is 0. The van der Waals surface area contributed by atoms with E-state index >= 15 is 0 Å². The number of carbonyl (C=O) groups excluding carboxylic acids is 7. The fourth-order valence-corrected chi connectivity index (χ4v) is 7.60. The predicted octanol–water partition coefficient (Wildman–Crippen LogP) is 25.8. The largest absolute Gasteiger partial charge is 0.300 e. The molecule has 526 valence electrons. The summed E-state index contributed by atoms with van der Waals surface area (Å²) in [6, 6.07) is 0. The molecule has 0 aliphatic carbocycles. The van der Waals surface area contributed by atoms with Crippen LogP contribution in [0, 0.1) is 41.4 Å². The van der Waals surface area contributed by atoms with Gasteiger partial charge in [0, 0.05) is 80.5 Å². The molecule has 0 radical (unpaired) electrons. The molecule has 7 heteroatoms. The quantitative estimate of drug-likeness (QED) is 0.0440. The first-order valence-electron chi connectivity index (χ1n) is 36.9. The standard InChI is InChI=1S/C23H36O.C21H38O.C11H22O.C9H18O.C8H14O2.C7H14O.C4H10/c1-4-5-6-7-8-9-10-11-12-13-14-15-16-17-18-19-20-21-23(24)22(2)3;1-4-5-6-7-8-9-10-11-12-13-14-15-16-17-18-19-21(22)20(2)3;1-4-5-6-7-8-9-11(12)10(2)3;1-4-5-6-7-9(10)8(2)3;1-6(2)8(10)5-4-7(3)9;1-4-5-7(8)6(2)3;1-4(2)3/h5-6,8-9,11-12,14-15,17-18,22H,4,7,10,13,16,19-21H2,1-3H3;9-10,12-13,20H,4-8,11,14-19H2,1-3H3;10H,4-9H2,1-3H3;8H,4-7H2,1-3H3;6H,4-5H2,1-3H3;6H,4-5H2,1-3H3;4H,1-3H3/b6-5-,9-8-,12-11-,15-14-,18-17-;10-9-,13-12-;;;;;. The van der Waals surface area contributed by atoms with Crippen LogP contribution in [0.5, 0.6) is 0 Å². The zero-order chi connectivity index (χ0) is 70.0. The molecule has 0 aliphatic rings. The van der Waals surface area contributed by atoms with E-state index < -0.39 is 0 Å². The Kier molecular flexibility index (Phi) is 89.4. The van der Waals surface area contributed by atoms with Gasteiger partial charge in [-0.15, -0.1) is 0 Å². The molecular weight excluding hydrogens is 1110 g/mol. The van der Waals surface area contributed by atoms with Crippen molar-refractivity contribution in [2.45, 2.75) is 364 Å².